The molecule has 0 radical (unpaired) electrons. The number of nitrogens with one attached hydrogen (secondary N) is 1. The predicted molar refractivity (Wildman–Crippen MR) is 103 cm³/mol. The van der Waals surface area contributed by atoms with Crippen LogP contribution in [0.25, 0.3) is 0 Å². The highest BCUT2D eigenvalue weighted by Crippen LogP contribution is 2.15. The van der Waals surface area contributed by atoms with Crippen LogP contribution < -0.4 is 11.1 Å². The molecule has 2 rings (SSSR count). The third-order valence-corrected chi connectivity index (χ3v) is 2.83. The number of carbonyl (C=O) groups excluding carboxylic acids is 3. The number of amides is 1. The number of nitrogen functional groups attached to an aromatic ring is 1. The molecule has 0 saturated heterocycles. The fraction of sp³-hybridized carbons (Fsp3) is 0.150. The summed E-state index contributed by atoms with van der Waals surface area (Å²) in [5, 5.41) is 19.3. The average molecular weight is 416 g/mol. The molecule has 0 aliphatic rings. The Morgan fingerprint density at radius 2 is 1.37 bits per heavy atom. The van der Waals surface area contributed by atoms with E-state index in [1.54, 1.807) is 0 Å². The van der Waals surface area contributed by atoms with Crippen molar-refractivity contribution in [2.45, 2.75) is 20.8 Å². The topological polar surface area (TPSA) is 146 Å². The summed E-state index contributed by atoms with van der Waals surface area (Å²) in [5.74, 6) is -2.36. The summed E-state index contributed by atoms with van der Waals surface area (Å²) in [5.41, 5.74) is 6.21. The number of nitrogens with two attached hydrogens (primary N) is 1. The second-order valence-electron chi connectivity index (χ2n) is 5.41. The lowest BCUT2D eigenvalue weighted by atomic mass is 10.2. The summed E-state index contributed by atoms with van der Waals surface area (Å²) in [4.78, 5) is 30.3. The van der Waals surface area contributed by atoms with Gasteiger partial charge in [-0.25, -0.2) is 8.78 Å². The van der Waals surface area contributed by atoms with Gasteiger partial charge in [-0.05, 0) is 36.4 Å². The van der Waals surface area contributed by atoms with Crippen LogP contribution in [0.1, 0.15) is 31.9 Å². The van der Waals surface area contributed by atoms with Gasteiger partial charge in [0.1, 0.15) is 23.8 Å². The summed E-state index contributed by atoms with van der Waals surface area (Å²) in [7, 11) is 0. The SMILES string of the molecule is CC(=O)Nc1cc(F)ccc1C#N.CC(=O)OC(C)=O.N#Cc1ccc(F)cc1N. The molecule has 1 amide bonds. The summed E-state index contributed by atoms with van der Waals surface area (Å²) >= 11 is 0. The van der Waals surface area contributed by atoms with Gasteiger partial charge in [-0.3, -0.25) is 14.4 Å². The maximum absolute atomic E-state index is 12.7. The smallest absolute Gasteiger partial charge is 0.310 e. The predicted octanol–water partition coefficient (Wildman–Crippen LogP) is 3.03. The molecule has 0 aliphatic carbocycles. The van der Waals surface area contributed by atoms with E-state index >= 15 is 0 Å². The third kappa shape index (κ3) is 10.7. The molecule has 10 heteroatoms. The first-order chi connectivity index (χ1) is 14.0. The lowest BCUT2D eigenvalue weighted by Crippen LogP contribution is -2.07. The average Bonchev–Trinajstić information content (AvgIpc) is 2.61. The van der Waals surface area contributed by atoms with Gasteiger partial charge in [0.15, 0.2) is 0 Å². The second kappa shape index (κ2) is 13.0. The number of rotatable bonds is 1. The molecule has 8 nitrogen and oxygen atoms in total. The minimum Gasteiger partial charge on any atom is -0.398 e. The largest absolute Gasteiger partial charge is 0.398 e. The number of nitriles is 2. The molecule has 0 unspecified atom stereocenters. The van der Waals surface area contributed by atoms with Gasteiger partial charge in [0, 0.05) is 20.8 Å². The van der Waals surface area contributed by atoms with E-state index in [2.05, 4.69) is 10.1 Å². The Bertz CT molecular complexity index is 999. The molecule has 2 aromatic rings. The highest BCUT2D eigenvalue weighted by atomic mass is 19.1. The molecule has 2 aromatic carbocycles. The zero-order valence-electron chi connectivity index (χ0n) is 16.3. The number of benzene rings is 2. The monoisotopic (exact) mass is 416 g/mol. The van der Waals surface area contributed by atoms with E-state index in [9.17, 15) is 23.2 Å². The molecule has 3 N–H and O–H groups in total. The van der Waals surface area contributed by atoms with Crippen molar-refractivity contribution in [2.75, 3.05) is 11.1 Å². The lowest BCUT2D eigenvalue weighted by Gasteiger charge is -2.03. The Hall–Kier alpha value is -4.31. The normalized spacial score (nSPS) is 8.63. The zero-order chi connectivity index (χ0) is 23.3. The minimum absolute atomic E-state index is 0.183. The van der Waals surface area contributed by atoms with E-state index in [-0.39, 0.29) is 22.8 Å². The van der Waals surface area contributed by atoms with Crippen LogP contribution in [0, 0.1) is 34.3 Å². The quantitative estimate of drug-likeness (QED) is 0.413. The highest BCUT2D eigenvalue weighted by Gasteiger charge is 2.04. The van der Waals surface area contributed by atoms with Gasteiger partial charge < -0.3 is 15.8 Å². The van der Waals surface area contributed by atoms with Gasteiger partial charge in [-0.15, -0.1) is 0 Å². The molecule has 0 saturated carbocycles. The number of anilines is 2. The van der Waals surface area contributed by atoms with Crippen molar-refractivity contribution in [2.24, 2.45) is 0 Å². The highest BCUT2D eigenvalue weighted by molar-refractivity contribution is 5.90. The van der Waals surface area contributed by atoms with Gasteiger partial charge in [0.2, 0.25) is 5.91 Å². The zero-order valence-corrected chi connectivity index (χ0v) is 16.3. The number of nitrogens with zero attached hydrogens (tertiary/aromatic N) is 2. The molecule has 0 atom stereocenters. The molecular formula is C20H18F2N4O4. The van der Waals surface area contributed by atoms with E-state index < -0.39 is 23.6 Å². The summed E-state index contributed by atoms with van der Waals surface area (Å²) in [6, 6.07) is 11.0. The Morgan fingerprint density at radius 1 is 0.900 bits per heavy atom. The van der Waals surface area contributed by atoms with Crippen LogP contribution in [0.3, 0.4) is 0 Å². The maximum Gasteiger partial charge on any atom is 0.310 e. The summed E-state index contributed by atoms with van der Waals surface area (Å²) < 4.78 is 28.9. The fourth-order valence-corrected chi connectivity index (χ4v) is 1.74. The van der Waals surface area contributed by atoms with E-state index in [0.717, 1.165) is 12.1 Å². The maximum atomic E-state index is 12.7. The third-order valence-electron chi connectivity index (χ3n) is 2.83. The Balaban J connectivity index is 0.000000442. The number of esters is 2. The fourth-order valence-electron chi connectivity index (χ4n) is 1.74. The van der Waals surface area contributed by atoms with Crippen molar-refractivity contribution in [3.63, 3.8) is 0 Å². The lowest BCUT2D eigenvalue weighted by molar-refractivity contribution is -0.156. The van der Waals surface area contributed by atoms with E-state index in [1.807, 2.05) is 12.1 Å². The van der Waals surface area contributed by atoms with Crippen LogP contribution >= 0.6 is 0 Å². The van der Waals surface area contributed by atoms with Crippen LogP contribution in [-0.4, -0.2) is 17.8 Å². The van der Waals surface area contributed by atoms with Crippen molar-refractivity contribution in [1.82, 2.24) is 0 Å². The molecule has 30 heavy (non-hydrogen) atoms. The first-order valence-electron chi connectivity index (χ1n) is 8.11. The molecule has 0 aliphatic heterocycles. The molecule has 0 aromatic heterocycles. The summed E-state index contributed by atoms with van der Waals surface area (Å²) in [6.45, 7) is 3.66. The first kappa shape index (κ1) is 25.7. The van der Waals surface area contributed by atoms with Gasteiger partial charge in [0.05, 0.1) is 22.5 Å². The Morgan fingerprint density at radius 3 is 1.73 bits per heavy atom. The van der Waals surface area contributed by atoms with Gasteiger partial charge in [0.25, 0.3) is 0 Å². The van der Waals surface area contributed by atoms with E-state index in [1.165, 1.54) is 45.0 Å². The first-order valence-corrected chi connectivity index (χ1v) is 8.11. The molecule has 0 heterocycles. The minimum atomic E-state index is -0.562. The number of ether oxygens (including phenoxy) is 1. The summed E-state index contributed by atoms with van der Waals surface area (Å²) in [6.07, 6.45) is 0. The number of halogens is 2. The number of hydrogen-bond donors (Lipinski definition) is 2. The van der Waals surface area contributed by atoms with Crippen LogP contribution in [0.5, 0.6) is 0 Å². The van der Waals surface area contributed by atoms with Gasteiger partial charge >= 0.3 is 11.9 Å². The van der Waals surface area contributed by atoms with Gasteiger partial charge in [-0.2, -0.15) is 10.5 Å². The van der Waals surface area contributed by atoms with Crippen LogP contribution in [-0.2, 0) is 19.1 Å². The van der Waals surface area contributed by atoms with Crippen molar-refractivity contribution in [1.29, 1.82) is 10.5 Å². The van der Waals surface area contributed by atoms with E-state index in [0.29, 0.717) is 5.56 Å². The van der Waals surface area contributed by atoms with Gasteiger partial charge in [-0.1, -0.05) is 0 Å². The standard InChI is InChI=1S/C9H7FN2O.C7H5FN2.C4H6O3/c1-6(13)12-9-4-8(10)3-2-7(9)5-11;8-6-2-1-5(4-9)7(10)3-6;1-3(5)7-4(2)6/h2-4H,1H3,(H,12,13);1-3H,10H2;1-2H3. The number of hydrogen-bond acceptors (Lipinski definition) is 7. The molecular weight excluding hydrogens is 398 g/mol. The van der Waals surface area contributed by atoms with Crippen LogP contribution in [0.15, 0.2) is 36.4 Å². The molecule has 0 bridgehead atoms. The van der Waals surface area contributed by atoms with Crippen molar-refractivity contribution in [3.8, 4) is 12.1 Å². The Labute approximate surface area is 171 Å². The van der Waals surface area contributed by atoms with Crippen LogP contribution in [0.4, 0.5) is 20.2 Å². The van der Waals surface area contributed by atoms with Crippen molar-refractivity contribution in [3.05, 3.63) is 59.2 Å². The Kier molecular flexibility index (Phi) is 11.1. The molecule has 156 valence electrons. The van der Waals surface area contributed by atoms with Crippen molar-refractivity contribution < 1.29 is 27.9 Å². The number of carbonyl (C=O) groups is 3. The van der Waals surface area contributed by atoms with Crippen LogP contribution in [0.2, 0.25) is 0 Å². The molecule has 0 fully saturated rings. The van der Waals surface area contributed by atoms with Crippen molar-refractivity contribution >= 4 is 29.2 Å². The van der Waals surface area contributed by atoms with E-state index in [4.69, 9.17) is 16.3 Å². The molecule has 0 spiro atoms. The second-order valence-corrected chi connectivity index (χ2v) is 5.41.